The van der Waals surface area contributed by atoms with Crippen molar-refractivity contribution in [3.63, 3.8) is 0 Å². The number of benzene rings is 1. The molecule has 26 heavy (non-hydrogen) atoms. The number of fused-ring (bicyclic) bond motifs is 1. The summed E-state index contributed by atoms with van der Waals surface area (Å²) in [4.78, 5) is 37.2. The Kier molecular flexibility index (Phi) is 3.96. The molecule has 4 rings (SSSR count). The van der Waals surface area contributed by atoms with Crippen LogP contribution in [0.2, 0.25) is 0 Å². The van der Waals surface area contributed by atoms with Gasteiger partial charge in [-0.25, -0.2) is 0 Å². The molecule has 8 heteroatoms. The predicted molar refractivity (Wildman–Crippen MR) is 89.8 cm³/mol. The van der Waals surface area contributed by atoms with E-state index in [4.69, 9.17) is 4.42 Å². The van der Waals surface area contributed by atoms with Gasteiger partial charge in [0, 0.05) is 23.2 Å². The molecule has 1 aromatic carbocycles. The molecule has 3 N–H and O–H groups in total. The van der Waals surface area contributed by atoms with Crippen LogP contribution in [0.3, 0.4) is 0 Å². The second kappa shape index (κ2) is 6.30. The molecular formula is C18H17N3O5. The molecule has 0 bridgehead atoms. The maximum absolute atomic E-state index is 12.7. The fourth-order valence-corrected chi connectivity index (χ4v) is 3.34. The largest absolute Gasteiger partial charge is 0.467 e. The lowest BCUT2D eigenvalue weighted by Gasteiger charge is -2.31. The van der Waals surface area contributed by atoms with Gasteiger partial charge in [0.15, 0.2) is 6.23 Å². The molecule has 1 fully saturated rings. The molecule has 0 saturated carbocycles. The number of nitrogens with zero attached hydrogens (tertiary/aromatic N) is 1. The molecule has 2 aliphatic rings. The first kappa shape index (κ1) is 16.3. The van der Waals surface area contributed by atoms with E-state index >= 15 is 0 Å². The lowest BCUT2D eigenvalue weighted by atomic mass is 10.0. The fourth-order valence-electron chi connectivity index (χ4n) is 3.34. The van der Waals surface area contributed by atoms with E-state index in [1.807, 2.05) is 6.07 Å². The third kappa shape index (κ3) is 2.74. The highest BCUT2D eigenvalue weighted by Gasteiger charge is 2.44. The van der Waals surface area contributed by atoms with E-state index in [0.29, 0.717) is 17.7 Å². The first-order valence-corrected chi connectivity index (χ1v) is 8.29. The van der Waals surface area contributed by atoms with Crippen molar-refractivity contribution >= 4 is 23.4 Å². The maximum Gasteiger partial charge on any atom is 0.257 e. The molecule has 8 nitrogen and oxygen atoms in total. The summed E-state index contributed by atoms with van der Waals surface area (Å²) in [6, 6.07) is 7.82. The van der Waals surface area contributed by atoms with Crippen molar-refractivity contribution in [2.45, 2.75) is 31.7 Å². The van der Waals surface area contributed by atoms with Crippen LogP contribution in [0, 0.1) is 0 Å². The number of amides is 3. The molecule has 2 aliphatic heterocycles. The van der Waals surface area contributed by atoms with Gasteiger partial charge < -0.3 is 14.8 Å². The zero-order valence-electron chi connectivity index (χ0n) is 13.8. The molecule has 1 aromatic heterocycles. The van der Waals surface area contributed by atoms with Crippen molar-refractivity contribution in [3.8, 4) is 0 Å². The summed E-state index contributed by atoms with van der Waals surface area (Å²) in [5.41, 5.74) is 1.51. The molecule has 1 saturated heterocycles. The number of piperidine rings is 1. The van der Waals surface area contributed by atoms with Crippen molar-refractivity contribution in [1.29, 1.82) is 0 Å². The highest BCUT2D eigenvalue weighted by molar-refractivity contribution is 6.05. The number of anilines is 1. The van der Waals surface area contributed by atoms with Gasteiger partial charge in [-0.05, 0) is 36.8 Å². The minimum Gasteiger partial charge on any atom is -0.467 e. The predicted octanol–water partition coefficient (Wildman–Crippen LogP) is 1.14. The summed E-state index contributed by atoms with van der Waals surface area (Å²) in [5, 5.41) is 16.0. The highest BCUT2D eigenvalue weighted by atomic mass is 16.3. The topological polar surface area (TPSA) is 112 Å². The lowest BCUT2D eigenvalue weighted by Crippen LogP contribution is -2.53. The Morgan fingerprint density at radius 3 is 2.85 bits per heavy atom. The molecular weight excluding hydrogens is 338 g/mol. The molecule has 3 heterocycles. The standard InChI is InChI=1S/C18H17N3O5/c22-15-6-5-14(16(23)20-15)21-17(24)12-4-3-10(8-13(12)18(21)25)19-9-11-2-1-7-26-11/h1-4,7-8,14,18-19,25H,5-6,9H2,(H,20,22,23). The number of carbonyl (C=O) groups is 3. The zero-order valence-corrected chi connectivity index (χ0v) is 13.8. The van der Waals surface area contributed by atoms with Crippen LogP contribution in [0.5, 0.6) is 0 Å². The van der Waals surface area contributed by atoms with Gasteiger partial charge >= 0.3 is 0 Å². The quantitative estimate of drug-likeness (QED) is 0.709. The van der Waals surface area contributed by atoms with Crippen LogP contribution < -0.4 is 10.6 Å². The first-order valence-electron chi connectivity index (χ1n) is 8.29. The Balaban J connectivity index is 1.55. The number of hydrogen-bond donors (Lipinski definition) is 3. The number of carbonyl (C=O) groups excluding carboxylic acids is 3. The van der Waals surface area contributed by atoms with Gasteiger partial charge in [-0.2, -0.15) is 0 Å². The first-order chi connectivity index (χ1) is 12.5. The average molecular weight is 355 g/mol. The Morgan fingerprint density at radius 2 is 2.12 bits per heavy atom. The van der Waals surface area contributed by atoms with Crippen LogP contribution in [0.15, 0.2) is 41.0 Å². The number of furan rings is 1. The van der Waals surface area contributed by atoms with E-state index in [1.165, 1.54) is 0 Å². The van der Waals surface area contributed by atoms with E-state index in [0.717, 1.165) is 16.3 Å². The zero-order chi connectivity index (χ0) is 18.3. The van der Waals surface area contributed by atoms with Gasteiger partial charge in [0.05, 0.1) is 12.8 Å². The van der Waals surface area contributed by atoms with Crippen LogP contribution in [0.1, 0.15) is 40.8 Å². The monoisotopic (exact) mass is 355 g/mol. The smallest absolute Gasteiger partial charge is 0.257 e. The van der Waals surface area contributed by atoms with Gasteiger partial charge in [0.1, 0.15) is 11.8 Å². The molecule has 0 aliphatic carbocycles. The molecule has 2 aromatic rings. The van der Waals surface area contributed by atoms with Crippen LogP contribution in [0.25, 0.3) is 0 Å². The summed E-state index contributed by atoms with van der Waals surface area (Å²) in [6.07, 6.45) is 0.691. The van der Waals surface area contributed by atoms with E-state index in [1.54, 1.807) is 30.5 Å². The van der Waals surface area contributed by atoms with Gasteiger partial charge in [-0.3, -0.25) is 24.6 Å². The number of rotatable bonds is 4. The number of aliphatic hydroxyl groups excluding tert-OH is 1. The van der Waals surface area contributed by atoms with Gasteiger partial charge in [-0.1, -0.05) is 0 Å². The molecule has 0 spiro atoms. The number of aliphatic hydroxyl groups is 1. The number of hydrogen-bond acceptors (Lipinski definition) is 6. The normalized spacial score (nSPS) is 22.3. The van der Waals surface area contributed by atoms with Crippen LogP contribution in [-0.2, 0) is 16.1 Å². The summed E-state index contributed by atoms with van der Waals surface area (Å²) >= 11 is 0. The summed E-state index contributed by atoms with van der Waals surface area (Å²) in [7, 11) is 0. The Hall–Kier alpha value is -3.13. The van der Waals surface area contributed by atoms with Crippen molar-refractivity contribution in [3.05, 3.63) is 53.5 Å². The van der Waals surface area contributed by atoms with Crippen molar-refractivity contribution in [2.75, 3.05) is 5.32 Å². The number of imide groups is 1. The minimum absolute atomic E-state index is 0.138. The Labute approximate surface area is 148 Å². The van der Waals surface area contributed by atoms with Crippen molar-refractivity contribution in [2.24, 2.45) is 0 Å². The third-order valence-corrected chi connectivity index (χ3v) is 4.65. The van der Waals surface area contributed by atoms with Crippen molar-refractivity contribution < 1.29 is 23.9 Å². The molecule has 2 unspecified atom stereocenters. The molecule has 0 radical (unpaired) electrons. The van der Waals surface area contributed by atoms with Gasteiger partial charge in [0.25, 0.3) is 5.91 Å². The SMILES string of the molecule is O=C1CCC(N2C(=O)c3ccc(NCc4ccco4)cc3C2O)C(=O)N1. The molecule has 134 valence electrons. The van der Waals surface area contributed by atoms with E-state index in [2.05, 4.69) is 10.6 Å². The van der Waals surface area contributed by atoms with Crippen LogP contribution in [-0.4, -0.2) is 33.8 Å². The van der Waals surface area contributed by atoms with E-state index in [-0.39, 0.29) is 18.7 Å². The van der Waals surface area contributed by atoms with Gasteiger partial charge in [0.2, 0.25) is 11.8 Å². The fraction of sp³-hybridized carbons (Fsp3) is 0.278. The highest BCUT2D eigenvalue weighted by Crippen LogP contribution is 2.36. The number of nitrogens with one attached hydrogen (secondary N) is 2. The summed E-state index contributed by atoms with van der Waals surface area (Å²) < 4.78 is 5.26. The average Bonchev–Trinajstić information content (AvgIpc) is 3.22. The van der Waals surface area contributed by atoms with Crippen molar-refractivity contribution in [1.82, 2.24) is 10.2 Å². The second-order valence-electron chi connectivity index (χ2n) is 6.29. The maximum atomic E-state index is 12.7. The Morgan fingerprint density at radius 1 is 1.27 bits per heavy atom. The lowest BCUT2D eigenvalue weighted by molar-refractivity contribution is -0.139. The Bertz CT molecular complexity index is 877. The molecule has 2 atom stereocenters. The summed E-state index contributed by atoms with van der Waals surface area (Å²) in [5.74, 6) is -0.584. The minimum atomic E-state index is -1.23. The van der Waals surface area contributed by atoms with E-state index < -0.39 is 24.1 Å². The van der Waals surface area contributed by atoms with E-state index in [9.17, 15) is 19.5 Å². The summed E-state index contributed by atoms with van der Waals surface area (Å²) in [6.45, 7) is 0.465. The van der Waals surface area contributed by atoms with Crippen LogP contribution in [0.4, 0.5) is 5.69 Å². The molecule has 3 amide bonds. The second-order valence-corrected chi connectivity index (χ2v) is 6.29. The van der Waals surface area contributed by atoms with Crippen LogP contribution >= 0.6 is 0 Å². The third-order valence-electron chi connectivity index (χ3n) is 4.65. The van der Waals surface area contributed by atoms with Gasteiger partial charge in [-0.15, -0.1) is 0 Å².